The van der Waals surface area contributed by atoms with E-state index in [1.807, 2.05) is 0 Å². The summed E-state index contributed by atoms with van der Waals surface area (Å²) in [5, 5.41) is 22.2. The van der Waals surface area contributed by atoms with Gasteiger partial charge in [0.15, 0.2) is 0 Å². The molecule has 1 amide bonds. The third-order valence-corrected chi connectivity index (χ3v) is 2.10. The van der Waals surface area contributed by atoms with Gasteiger partial charge in [-0.3, -0.25) is 10.1 Å². The number of rotatable bonds is 6. The van der Waals surface area contributed by atoms with Crippen molar-refractivity contribution in [2.45, 2.75) is 0 Å². The molecule has 0 saturated heterocycles. The van der Waals surface area contributed by atoms with Crippen LogP contribution in [0.5, 0.6) is 0 Å². The highest BCUT2D eigenvalue weighted by molar-refractivity contribution is 5.93. The molecule has 0 aliphatic rings. The van der Waals surface area contributed by atoms with E-state index in [0.717, 1.165) is 12.1 Å². The first-order valence-electron chi connectivity index (χ1n) is 5.09. The Morgan fingerprint density at radius 3 is 2.68 bits per heavy atom. The van der Waals surface area contributed by atoms with Crippen LogP contribution in [0, 0.1) is 10.1 Å². The van der Waals surface area contributed by atoms with Crippen LogP contribution in [0.25, 0.3) is 0 Å². The Morgan fingerprint density at radius 2 is 2.16 bits per heavy atom. The number of hydrogen-bond acceptors (Lipinski definition) is 6. The summed E-state index contributed by atoms with van der Waals surface area (Å²) in [5.74, 6) is -1.40. The Balaban J connectivity index is 2.76. The van der Waals surface area contributed by atoms with Gasteiger partial charge in [-0.15, -0.1) is 0 Å². The first-order chi connectivity index (χ1) is 8.91. The number of anilines is 1. The standard InChI is InChI=1S/C10H11N3O6/c11-10(16)19-4-3-12-6-1-2-8(13(17)18)7(5-6)9(14)15/h1-2,5,12H,3-4H2,(H2,11,16)(H,14,15). The van der Waals surface area contributed by atoms with Crippen molar-refractivity contribution >= 4 is 23.4 Å². The molecule has 0 aliphatic carbocycles. The number of hydrogen-bond donors (Lipinski definition) is 3. The monoisotopic (exact) mass is 269 g/mol. The Morgan fingerprint density at radius 1 is 1.47 bits per heavy atom. The zero-order chi connectivity index (χ0) is 14.4. The maximum absolute atomic E-state index is 10.9. The fraction of sp³-hybridized carbons (Fsp3) is 0.200. The molecular formula is C10H11N3O6. The first kappa shape index (κ1) is 14.2. The Hall–Kier alpha value is -2.84. The van der Waals surface area contributed by atoms with Gasteiger partial charge < -0.3 is 20.9 Å². The summed E-state index contributed by atoms with van der Waals surface area (Å²) >= 11 is 0. The second-order valence-electron chi connectivity index (χ2n) is 3.39. The number of carbonyl (C=O) groups excluding carboxylic acids is 1. The summed E-state index contributed by atoms with van der Waals surface area (Å²) in [6, 6.07) is 3.57. The van der Waals surface area contributed by atoms with E-state index in [4.69, 9.17) is 10.8 Å². The number of carbonyl (C=O) groups is 2. The summed E-state index contributed by atoms with van der Waals surface area (Å²) in [6.45, 7) is 0.189. The van der Waals surface area contributed by atoms with E-state index in [9.17, 15) is 19.7 Å². The van der Waals surface area contributed by atoms with Gasteiger partial charge in [0.2, 0.25) is 0 Å². The highest BCUT2D eigenvalue weighted by Gasteiger charge is 2.19. The van der Waals surface area contributed by atoms with E-state index < -0.39 is 28.2 Å². The summed E-state index contributed by atoms with van der Waals surface area (Å²) in [4.78, 5) is 31.0. The lowest BCUT2D eigenvalue weighted by molar-refractivity contribution is -0.385. The number of nitro groups is 1. The summed E-state index contributed by atoms with van der Waals surface area (Å²) in [7, 11) is 0. The van der Waals surface area contributed by atoms with E-state index >= 15 is 0 Å². The highest BCUT2D eigenvalue weighted by Crippen LogP contribution is 2.22. The molecule has 1 rings (SSSR count). The molecule has 0 atom stereocenters. The average molecular weight is 269 g/mol. The van der Waals surface area contributed by atoms with E-state index in [2.05, 4.69) is 10.1 Å². The second kappa shape index (κ2) is 6.19. The largest absolute Gasteiger partial charge is 0.477 e. The minimum absolute atomic E-state index is 0.00523. The molecule has 0 fully saturated rings. The van der Waals surface area contributed by atoms with Crippen molar-refractivity contribution in [3.63, 3.8) is 0 Å². The van der Waals surface area contributed by atoms with Gasteiger partial charge >= 0.3 is 12.1 Å². The molecule has 9 nitrogen and oxygen atoms in total. The lowest BCUT2D eigenvalue weighted by Gasteiger charge is -2.07. The number of carboxylic acids is 1. The molecule has 0 aromatic heterocycles. The zero-order valence-corrected chi connectivity index (χ0v) is 9.66. The second-order valence-corrected chi connectivity index (χ2v) is 3.39. The topological polar surface area (TPSA) is 145 Å². The van der Waals surface area contributed by atoms with E-state index in [0.29, 0.717) is 5.69 Å². The van der Waals surface area contributed by atoms with Crippen molar-refractivity contribution in [1.29, 1.82) is 0 Å². The molecule has 0 heterocycles. The van der Waals surface area contributed by atoms with Gasteiger partial charge in [0.05, 0.1) is 4.92 Å². The van der Waals surface area contributed by atoms with Gasteiger partial charge in [0, 0.05) is 18.3 Å². The maximum atomic E-state index is 10.9. The number of carboxylic acid groups (broad SMARTS) is 1. The molecule has 0 radical (unpaired) electrons. The lowest BCUT2D eigenvalue weighted by atomic mass is 10.1. The van der Waals surface area contributed by atoms with Crippen LogP contribution in [-0.2, 0) is 4.74 Å². The molecule has 0 unspecified atom stereocenters. The first-order valence-corrected chi connectivity index (χ1v) is 5.09. The van der Waals surface area contributed by atoms with Gasteiger partial charge in [0.1, 0.15) is 12.2 Å². The zero-order valence-electron chi connectivity index (χ0n) is 9.66. The smallest absolute Gasteiger partial charge is 0.404 e. The normalized spacial score (nSPS) is 9.68. The van der Waals surface area contributed by atoms with Gasteiger partial charge in [0.25, 0.3) is 5.69 Å². The number of amides is 1. The minimum atomic E-state index is -1.40. The van der Waals surface area contributed by atoms with Crippen LogP contribution in [0.15, 0.2) is 18.2 Å². The van der Waals surface area contributed by atoms with Crippen molar-refractivity contribution in [1.82, 2.24) is 0 Å². The van der Waals surface area contributed by atoms with Crippen molar-refractivity contribution in [3.05, 3.63) is 33.9 Å². The number of primary amides is 1. The van der Waals surface area contributed by atoms with Crippen LogP contribution < -0.4 is 11.1 Å². The lowest BCUT2D eigenvalue weighted by Crippen LogP contribution is -2.18. The van der Waals surface area contributed by atoms with Gasteiger partial charge in [-0.25, -0.2) is 9.59 Å². The molecule has 19 heavy (non-hydrogen) atoms. The van der Waals surface area contributed by atoms with Gasteiger partial charge in [-0.1, -0.05) is 0 Å². The fourth-order valence-electron chi connectivity index (χ4n) is 1.32. The molecule has 102 valence electrons. The van der Waals surface area contributed by atoms with Gasteiger partial charge in [-0.05, 0) is 12.1 Å². The van der Waals surface area contributed by atoms with Crippen LogP contribution in [0.2, 0.25) is 0 Å². The van der Waals surface area contributed by atoms with Crippen molar-refractivity contribution in [3.8, 4) is 0 Å². The number of aromatic carboxylic acids is 1. The molecule has 0 spiro atoms. The van der Waals surface area contributed by atoms with Crippen molar-refractivity contribution in [2.24, 2.45) is 5.73 Å². The van der Waals surface area contributed by atoms with Crippen LogP contribution in [-0.4, -0.2) is 35.2 Å². The highest BCUT2D eigenvalue weighted by atomic mass is 16.6. The summed E-state index contributed by atoms with van der Waals surface area (Å²) in [5.41, 5.74) is 4.19. The third-order valence-electron chi connectivity index (χ3n) is 2.10. The number of benzene rings is 1. The number of nitro benzene ring substituents is 1. The number of ether oxygens (including phenoxy) is 1. The quantitative estimate of drug-likeness (QED) is 0.393. The van der Waals surface area contributed by atoms with Gasteiger partial charge in [-0.2, -0.15) is 0 Å². The maximum Gasteiger partial charge on any atom is 0.404 e. The van der Waals surface area contributed by atoms with Crippen molar-refractivity contribution < 1.29 is 24.4 Å². The summed E-state index contributed by atoms with van der Waals surface area (Å²) < 4.78 is 4.46. The average Bonchev–Trinajstić information content (AvgIpc) is 2.33. The molecule has 9 heteroatoms. The van der Waals surface area contributed by atoms with Crippen molar-refractivity contribution in [2.75, 3.05) is 18.5 Å². The minimum Gasteiger partial charge on any atom is -0.477 e. The molecule has 0 aliphatic heterocycles. The number of nitrogens with one attached hydrogen (secondary N) is 1. The molecule has 0 bridgehead atoms. The van der Waals surface area contributed by atoms with Crippen LogP contribution in [0.3, 0.4) is 0 Å². The predicted octanol–water partition coefficient (Wildman–Crippen LogP) is 0.800. The third kappa shape index (κ3) is 4.15. The number of nitrogens with zero attached hydrogens (tertiary/aromatic N) is 1. The van der Waals surface area contributed by atoms with E-state index in [1.54, 1.807) is 0 Å². The molecular weight excluding hydrogens is 258 g/mol. The van der Waals surface area contributed by atoms with Crippen LogP contribution in [0.4, 0.5) is 16.2 Å². The Bertz CT molecular complexity index is 516. The Kier molecular flexibility index (Phi) is 4.63. The van der Waals surface area contributed by atoms with Crippen LogP contribution >= 0.6 is 0 Å². The molecule has 1 aromatic rings. The molecule has 4 N–H and O–H groups in total. The predicted molar refractivity (Wildman–Crippen MR) is 64.1 cm³/mol. The Labute approximate surface area is 107 Å². The fourth-order valence-corrected chi connectivity index (χ4v) is 1.32. The van der Waals surface area contributed by atoms with E-state index in [-0.39, 0.29) is 13.2 Å². The molecule has 0 saturated carbocycles. The SMILES string of the molecule is NC(=O)OCCNc1ccc([N+](=O)[O-])c(C(=O)O)c1. The molecule has 1 aromatic carbocycles. The van der Waals surface area contributed by atoms with Crippen LogP contribution in [0.1, 0.15) is 10.4 Å². The van der Waals surface area contributed by atoms with E-state index in [1.165, 1.54) is 6.07 Å². The number of nitrogens with two attached hydrogens (primary N) is 1. The summed E-state index contributed by atoms with van der Waals surface area (Å²) in [6.07, 6.45) is -0.920.